The van der Waals surface area contributed by atoms with Crippen molar-refractivity contribution >= 4 is 23.2 Å². The van der Waals surface area contributed by atoms with Crippen molar-refractivity contribution in [2.24, 2.45) is 5.92 Å². The van der Waals surface area contributed by atoms with E-state index in [9.17, 15) is 9.59 Å². The van der Waals surface area contributed by atoms with Crippen molar-refractivity contribution < 1.29 is 14.3 Å². The topological polar surface area (TPSA) is 68.3 Å². The van der Waals surface area contributed by atoms with E-state index in [2.05, 4.69) is 10.3 Å². The highest BCUT2D eigenvalue weighted by molar-refractivity contribution is 7.13. The zero-order valence-electron chi connectivity index (χ0n) is 16.6. The van der Waals surface area contributed by atoms with Crippen molar-refractivity contribution in [3.05, 3.63) is 15.6 Å². The molecular formula is C20H32N2O3S. The van der Waals surface area contributed by atoms with Crippen molar-refractivity contribution in [2.75, 3.05) is 0 Å². The van der Waals surface area contributed by atoms with Gasteiger partial charge in [-0.25, -0.2) is 9.78 Å². The van der Waals surface area contributed by atoms with Gasteiger partial charge in [0.2, 0.25) is 0 Å². The molecule has 1 aromatic rings. The summed E-state index contributed by atoms with van der Waals surface area (Å²) >= 11 is 1.49. The zero-order chi connectivity index (χ0) is 19.3. The number of esters is 1. The third kappa shape index (κ3) is 5.79. The summed E-state index contributed by atoms with van der Waals surface area (Å²) in [5.74, 6) is 0.178. The van der Waals surface area contributed by atoms with Gasteiger partial charge < -0.3 is 10.1 Å². The summed E-state index contributed by atoms with van der Waals surface area (Å²) < 4.78 is 5.31. The summed E-state index contributed by atoms with van der Waals surface area (Å²) in [6, 6.07) is -0.621. The lowest BCUT2D eigenvalue weighted by Gasteiger charge is -2.20. The Kier molecular flexibility index (Phi) is 7.62. The van der Waals surface area contributed by atoms with Crippen LogP contribution < -0.4 is 5.32 Å². The van der Waals surface area contributed by atoms with Crippen LogP contribution in [0.15, 0.2) is 0 Å². The van der Waals surface area contributed by atoms with Crippen LogP contribution in [0.4, 0.5) is 0 Å². The summed E-state index contributed by atoms with van der Waals surface area (Å²) in [5, 5.41) is 3.95. The monoisotopic (exact) mass is 380 g/mol. The van der Waals surface area contributed by atoms with Gasteiger partial charge in [-0.05, 0) is 46.0 Å². The van der Waals surface area contributed by atoms with Crippen molar-refractivity contribution in [1.29, 1.82) is 0 Å². The second-order valence-corrected chi connectivity index (χ2v) is 8.97. The number of thiazole rings is 1. The smallest absolute Gasteiger partial charge is 0.328 e. The molecule has 1 atom stereocenters. The summed E-state index contributed by atoms with van der Waals surface area (Å²) in [7, 11) is 0. The number of aromatic nitrogens is 1. The number of ether oxygens (including phenoxy) is 1. The van der Waals surface area contributed by atoms with E-state index in [-0.39, 0.29) is 23.9 Å². The van der Waals surface area contributed by atoms with Crippen LogP contribution in [-0.2, 0) is 9.53 Å². The van der Waals surface area contributed by atoms with Gasteiger partial charge in [0, 0.05) is 5.92 Å². The van der Waals surface area contributed by atoms with Gasteiger partial charge in [-0.3, -0.25) is 4.79 Å². The summed E-state index contributed by atoms with van der Waals surface area (Å²) in [5.41, 5.74) is 0.758. The Hall–Kier alpha value is -1.43. The van der Waals surface area contributed by atoms with Crippen molar-refractivity contribution in [2.45, 2.75) is 91.2 Å². The molecule has 0 radical (unpaired) electrons. The molecule has 146 valence electrons. The first-order chi connectivity index (χ1) is 12.3. The molecule has 0 aliphatic heterocycles. The SMILES string of the molecule is Cc1nc(C2CCCCC2)sc1C(=O)N[C@@H](CC(C)C)C(=O)OC(C)C. The van der Waals surface area contributed by atoms with E-state index in [1.54, 1.807) is 0 Å². The second kappa shape index (κ2) is 9.49. The third-order valence-corrected chi connectivity index (χ3v) is 5.94. The molecule has 26 heavy (non-hydrogen) atoms. The predicted molar refractivity (Wildman–Crippen MR) is 105 cm³/mol. The first kappa shape index (κ1) is 20.9. The van der Waals surface area contributed by atoms with Crippen LogP contribution in [-0.4, -0.2) is 29.0 Å². The largest absolute Gasteiger partial charge is 0.461 e. The third-order valence-electron chi connectivity index (χ3n) is 4.62. The molecule has 0 bridgehead atoms. The molecule has 1 aliphatic rings. The minimum atomic E-state index is -0.621. The molecule has 1 heterocycles. The standard InChI is InChI=1S/C20H32N2O3S/c1-12(2)11-16(20(24)25-13(3)4)22-18(23)17-14(5)21-19(26-17)15-9-7-6-8-10-15/h12-13,15-16H,6-11H2,1-5H3,(H,22,23)/t16-/m0/s1. The number of nitrogens with zero attached hydrogens (tertiary/aromatic N) is 1. The number of nitrogens with one attached hydrogen (secondary N) is 1. The highest BCUT2D eigenvalue weighted by Crippen LogP contribution is 2.35. The van der Waals surface area contributed by atoms with Crippen molar-refractivity contribution in [3.63, 3.8) is 0 Å². The molecule has 0 unspecified atom stereocenters. The van der Waals surface area contributed by atoms with Gasteiger partial charge in [0.15, 0.2) is 0 Å². The van der Waals surface area contributed by atoms with E-state index in [1.165, 1.54) is 30.6 Å². The number of carbonyl (C=O) groups is 2. The second-order valence-electron chi connectivity index (χ2n) is 7.94. The maximum absolute atomic E-state index is 12.8. The number of carbonyl (C=O) groups excluding carboxylic acids is 2. The lowest BCUT2D eigenvalue weighted by Crippen LogP contribution is -2.43. The van der Waals surface area contributed by atoms with Crippen LogP contribution in [0, 0.1) is 12.8 Å². The fourth-order valence-electron chi connectivity index (χ4n) is 3.38. The van der Waals surface area contributed by atoms with Crippen LogP contribution in [0.2, 0.25) is 0 Å². The van der Waals surface area contributed by atoms with Crippen molar-refractivity contribution in [1.82, 2.24) is 10.3 Å². The Balaban J connectivity index is 2.10. The number of hydrogen-bond acceptors (Lipinski definition) is 5. The molecule has 0 spiro atoms. The molecule has 1 saturated carbocycles. The van der Waals surface area contributed by atoms with E-state index in [0.29, 0.717) is 17.2 Å². The van der Waals surface area contributed by atoms with E-state index in [1.807, 2.05) is 34.6 Å². The maximum Gasteiger partial charge on any atom is 0.328 e. The van der Waals surface area contributed by atoms with Gasteiger partial charge in [-0.1, -0.05) is 33.1 Å². The average molecular weight is 381 g/mol. The quantitative estimate of drug-likeness (QED) is 0.702. The molecule has 0 aromatic carbocycles. The van der Waals surface area contributed by atoms with E-state index < -0.39 is 6.04 Å². The van der Waals surface area contributed by atoms with Crippen LogP contribution in [0.25, 0.3) is 0 Å². The Labute approximate surface area is 160 Å². The molecule has 0 saturated heterocycles. The number of rotatable bonds is 7. The van der Waals surface area contributed by atoms with Gasteiger partial charge in [0.1, 0.15) is 10.9 Å². The molecule has 2 rings (SSSR count). The van der Waals surface area contributed by atoms with Gasteiger partial charge in [-0.15, -0.1) is 11.3 Å². The molecular weight excluding hydrogens is 348 g/mol. The summed E-state index contributed by atoms with van der Waals surface area (Å²) in [4.78, 5) is 30.4. The van der Waals surface area contributed by atoms with Gasteiger partial charge in [-0.2, -0.15) is 0 Å². The first-order valence-electron chi connectivity index (χ1n) is 9.76. The number of hydrogen-bond donors (Lipinski definition) is 1. The lowest BCUT2D eigenvalue weighted by atomic mass is 9.90. The summed E-state index contributed by atoms with van der Waals surface area (Å²) in [6.45, 7) is 9.56. The van der Waals surface area contributed by atoms with Crippen LogP contribution in [0.5, 0.6) is 0 Å². The van der Waals surface area contributed by atoms with Crippen molar-refractivity contribution in [3.8, 4) is 0 Å². The number of amides is 1. The Morgan fingerprint density at radius 2 is 1.85 bits per heavy atom. The molecule has 1 N–H and O–H groups in total. The maximum atomic E-state index is 12.8. The average Bonchev–Trinajstić information content (AvgIpc) is 2.96. The molecule has 1 fully saturated rings. The molecule has 6 heteroatoms. The van der Waals surface area contributed by atoms with Crippen LogP contribution >= 0.6 is 11.3 Å². The van der Waals surface area contributed by atoms with Gasteiger partial charge in [0.05, 0.1) is 16.8 Å². The minimum Gasteiger partial charge on any atom is -0.461 e. The Morgan fingerprint density at radius 1 is 1.19 bits per heavy atom. The van der Waals surface area contributed by atoms with Gasteiger partial charge in [0.25, 0.3) is 5.91 Å². The number of aryl methyl sites for hydroxylation is 1. The molecule has 5 nitrogen and oxygen atoms in total. The van der Waals surface area contributed by atoms with E-state index in [0.717, 1.165) is 23.5 Å². The van der Waals surface area contributed by atoms with Crippen LogP contribution in [0.3, 0.4) is 0 Å². The molecule has 1 amide bonds. The molecule has 1 aliphatic carbocycles. The van der Waals surface area contributed by atoms with E-state index in [4.69, 9.17) is 4.74 Å². The fourth-order valence-corrected chi connectivity index (χ4v) is 4.51. The highest BCUT2D eigenvalue weighted by Gasteiger charge is 2.28. The van der Waals surface area contributed by atoms with Crippen LogP contribution in [0.1, 0.15) is 92.5 Å². The zero-order valence-corrected chi connectivity index (χ0v) is 17.4. The van der Waals surface area contributed by atoms with Gasteiger partial charge >= 0.3 is 5.97 Å². The predicted octanol–water partition coefficient (Wildman–Crippen LogP) is 4.60. The Morgan fingerprint density at radius 3 is 2.42 bits per heavy atom. The normalized spacial score (nSPS) is 16.7. The molecule has 1 aromatic heterocycles. The fraction of sp³-hybridized carbons (Fsp3) is 0.750. The highest BCUT2D eigenvalue weighted by atomic mass is 32.1. The lowest BCUT2D eigenvalue weighted by molar-refractivity contribution is -0.150. The van der Waals surface area contributed by atoms with E-state index >= 15 is 0 Å². The Bertz CT molecular complexity index is 619. The first-order valence-corrected chi connectivity index (χ1v) is 10.6. The summed E-state index contributed by atoms with van der Waals surface area (Å²) in [6.07, 6.45) is 6.45. The minimum absolute atomic E-state index is 0.197.